The van der Waals surface area contributed by atoms with Gasteiger partial charge in [0.25, 0.3) is 0 Å². The molecule has 0 radical (unpaired) electrons. The van der Waals surface area contributed by atoms with Crippen LogP contribution in [0.2, 0.25) is 0 Å². The molecule has 3 aromatic rings. The van der Waals surface area contributed by atoms with Gasteiger partial charge in [0.1, 0.15) is 0 Å². The van der Waals surface area contributed by atoms with E-state index < -0.39 is 0 Å². The van der Waals surface area contributed by atoms with E-state index in [1.165, 1.54) is 0 Å². The third kappa shape index (κ3) is 3.70. The fourth-order valence-electron chi connectivity index (χ4n) is 3.86. The van der Waals surface area contributed by atoms with Crippen LogP contribution in [0.1, 0.15) is 49.7 Å². The molecule has 1 aliphatic heterocycles. The maximum Gasteiger partial charge on any atom is 0.231 e. The van der Waals surface area contributed by atoms with Gasteiger partial charge in [-0.05, 0) is 24.1 Å². The molecule has 0 spiro atoms. The van der Waals surface area contributed by atoms with E-state index in [0.717, 1.165) is 59.3 Å². The average molecular weight is 378 g/mol. The summed E-state index contributed by atoms with van der Waals surface area (Å²) in [5.74, 6) is 1.43. The number of unbranched alkanes of at least 4 members (excludes halogenated alkanes) is 2. The fraction of sp³-hybridized carbons (Fsp3) is 0.348. The number of benzene rings is 2. The van der Waals surface area contributed by atoms with Gasteiger partial charge in [0.05, 0.1) is 0 Å². The molecule has 0 bridgehead atoms. The first-order valence-electron chi connectivity index (χ1n) is 9.99. The first-order valence-corrected chi connectivity index (χ1v) is 9.99. The average Bonchev–Trinajstić information content (AvgIpc) is 3.36. The van der Waals surface area contributed by atoms with Gasteiger partial charge in [-0.3, -0.25) is 4.79 Å². The lowest BCUT2D eigenvalue weighted by Gasteiger charge is -2.19. The van der Waals surface area contributed by atoms with Crippen molar-refractivity contribution in [3.63, 3.8) is 0 Å². The van der Waals surface area contributed by atoms with Gasteiger partial charge in [-0.1, -0.05) is 50.1 Å². The monoisotopic (exact) mass is 378 g/mol. The highest BCUT2D eigenvalue weighted by atomic mass is 16.7. The van der Waals surface area contributed by atoms with Crippen molar-refractivity contribution in [2.75, 3.05) is 13.3 Å². The molecule has 0 fully saturated rings. The molecule has 0 saturated heterocycles. The van der Waals surface area contributed by atoms with Gasteiger partial charge in [-0.2, -0.15) is 0 Å². The highest BCUT2D eigenvalue weighted by molar-refractivity contribution is 5.86. The van der Waals surface area contributed by atoms with Crippen LogP contribution in [0.15, 0.2) is 48.7 Å². The number of amides is 1. The summed E-state index contributed by atoms with van der Waals surface area (Å²) in [6, 6.07) is 14.1. The Bertz CT molecular complexity index is 963. The number of carbonyl (C=O) groups is 1. The second kappa shape index (κ2) is 8.38. The summed E-state index contributed by atoms with van der Waals surface area (Å²) in [7, 11) is 0. The summed E-state index contributed by atoms with van der Waals surface area (Å²) in [6.07, 6.45) is 5.66. The molecule has 28 heavy (non-hydrogen) atoms. The van der Waals surface area contributed by atoms with Gasteiger partial charge < -0.3 is 19.8 Å². The molecule has 1 atom stereocenters. The highest BCUT2D eigenvalue weighted by Gasteiger charge is 2.28. The fourth-order valence-corrected chi connectivity index (χ4v) is 3.86. The second-order valence-corrected chi connectivity index (χ2v) is 7.18. The molecular weight excluding hydrogens is 352 g/mol. The van der Waals surface area contributed by atoms with E-state index in [2.05, 4.69) is 29.4 Å². The van der Waals surface area contributed by atoms with Crippen LogP contribution >= 0.6 is 0 Å². The summed E-state index contributed by atoms with van der Waals surface area (Å²) >= 11 is 0. The smallest absolute Gasteiger partial charge is 0.231 e. The molecule has 0 aliphatic carbocycles. The Morgan fingerprint density at radius 1 is 1.11 bits per heavy atom. The Kier molecular flexibility index (Phi) is 5.51. The van der Waals surface area contributed by atoms with Crippen molar-refractivity contribution in [1.82, 2.24) is 10.3 Å². The molecule has 146 valence electrons. The minimum absolute atomic E-state index is 0.0582. The summed E-state index contributed by atoms with van der Waals surface area (Å²) in [5.41, 5.74) is 3.15. The third-order valence-electron chi connectivity index (χ3n) is 5.29. The summed E-state index contributed by atoms with van der Waals surface area (Å²) < 4.78 is 11.3. The largest absolute Gasteiger partial charge is 0.454 e. The Morgan fingerprint density at radius 3 is 2.89 bits per heavy atom. The number of aromatic nitrogens is 1. The minimum atomic E-state index is -0.112. The van der Waals surface area contributed by atoms with E-state index in [9.17, 15) is 4.79 Å². The summed E-state index contributed by atoms with van der Waals surface area (Å²) in [6.45, 7) is 3.10. The predicted octanol–water partition coefficient (Wildman–Crippen LogP) is 4.73. The van der Waals surface area contributed by atoms with Crippen LogP contribution in [0.3, 0.4) is 0 Å². The lowest BCUT2D eigenvalue weighted by molar-refractivity contribution is -0.121. The number of carbonyl (C=O) groups excluding carboxylic acids is 1. The van der Waals surface area contributed by atoms with Crippen molar-refractivity contribution in [2.45, 2.75) is 38.5 Å². The van der Waals surface area contributed by atoms with Crippen LogP contribution in [-0.2, 0) is 4.79 Å². The number of nitrogens with one attached hydrogen (secondary N) is 2. The summed E-state index contributed by atoms with van der Waals surface area (Å²) in [4.78, 5) is 16.1. The third-order valence-corrected chi connectivity index (χ3v) is 5.29. The van der Waals surface area contributed by atoms with Crippen molar-refractivity contribution < 1.29 is 14.3 Å². The molecule has 5 nitrogen and oxygen atoms in total. The highest BCUT2D eigenvalue weighted by Crippen LogP contribution is 2.43. The molecule has 1 aromatic heterocycles. The van der Waals surface area contributed by atoms with E-state index in [4.69, 9.17) is 9.47 Å². The maximum absolute atomic E-state index is 12.7. The molecule has 1 amide bonds. The minimum Gasteiger partial charge on any atom is -0.454 e. The van der Waals surface area contributed by atoms with E-state index in [0.29, 0.717) is 6.42 Å². The molecule has 2 aromatic carbocycles. The zero-order chi connectivity index (χ0) is 19.3. The van der Waals surface area contributed by atoms with Gasteiger partial charge in [-0.25, -0.2) is 0 Å². The number of para-hydroxylation sites is 2. The summed E-state index contributed by atoms with van der Waals surface area (Å²) in [5, 5.41) is 4.20. The second-order valence-electron chi connectivity index (χ2n) is 7.18. The molecule has 0 saturated carbocycles. The SMILES string of the molecule is CCCCCNC(=O)C[C@H](c1cccc2c1OCO2)c1c[nH]c2ccccc12. The lowest BCUT2D eigenvalue weighted by Crippen LogP contribution is -2.26. The number of rotatable bonds is 8. The Hall–Kier alpha value is -2.95. The van der Waals surface area contributed by atoms with Gasteiger partial charge in [0, 0.05) is 41.5 Å². The van der Waals surface area contributed by atoms with E-state index in [-0.39, 0.29) is 18.6 Å². The number of hydrogen-bond donors (Lipinski definition) is 2. The normalized spacial score (nSPS) is 13.6. The van der Waals surface area contributed by atoms with Gasteiger partial charge >= 0.3 is 0 Å². The number of hydrogen-bond acceptors (Lipinski definition) is 3. The van der Waals surface area contributed by atoms with Crippen molar-refractivity contribution in [3.8, 4) is 11.5 Å². The van der Waals surface area contributed by atoms with Crippen LogP contribution in [0.4, 0.5) is 0 Å². The van der Waals surface area contributed by atoms with Gasteiger partial charge in [0.2, 0.25) is 12.7 Å². The molecule has 0 unspecified atom stereocenters. The van der Waals surface area contributed by atoms with Gasteiger partial charge in [-0.15, -0.1) is 0 Å². The molecule has 5 heteroatoms. The zero-order valence-corrected chi connectivity index (χ0v) is 16.2. The molecule has 4 rings (SSSR count). The van der Waals surface area contributed by atoms with Gasteiger partial charge in [0.15, 0.2) is 11.5 Å². The van der Waals surface area contributed by atoms with E-state index in [1.54, 1.807) is 0 Å². The Morgan fingerprint density at radius 2 is 2.00 bits per heavy atom. The number of fused-ring (bicyclic) bond motifs is 2. The van der Waals surface area contributed by atoms with Crippen LogP contribution in [0.25, 0.3) is 10.9 Å². The van der Waals surface area contributed by atoms with Crippen LogP contribution < -0.4 is 14.8 Å². The number of aromatic amines is 1. The first kappa shape index (κ1) is 18.4. The Labute approximate surface area is 165 Å². The van der Waals surface area contributed by atoms with Crippen molar-refractivity contribution >= 4 is 16.8 Å². The number of H-pyrrole nitrogens is 1. The maximum atomic E-state index is 12.7. The molecule has 2 N–H and O–H groups in total. The predicted molar refractivity (Wildman–Crippen MR) is 110 cm³/mol. The first-order chi connectivity index (χ1) is 13.8. The molecule has 1 aliphatic rings. The topological polar surface area (TPSA) is 63.4 Å². The van der Waals surface area contributed by atoms with Crippen LogP contribution in [-0.4, -0.2) is 24.2 Å². The van der Waals surface area contributed by atoms with Crippen LogP contribution in [0, 0.1) is 0 Å². The standard InChI is InChI=1S/C23H26N2O3/c1-2-3-6-12-24-22(26)13-18(17-9-7-11-21-23(17)28-15-27-21)19-14-25-20-10-5-4-8-16(19)20/h4-5,7-11,14,18,25H,2-3,6,12-13,15H2,1H3,(H,24,26)/t18-/m1/s1. The molecular formula is C23H26N2O3. The van der Waals surface area contributed by atoms with E-state index >= 15 is 0 Å². The van der Waals surface area contributed by atoms with Crippen LogP contribution in [0.5, 0.6) is 11.5 Å². The van der Waals surface area contributed by atoms with E-state index in [1.807, 2.05) is 36.5 Å². The zero-order valence-electron chi connectivity index (χ0n) is 16.2. The Balaban J connectivity index is 1.66. The van der Waals surface area contributed by atoms with Crippen molar-refractivity contribution in [1.29, 1.82) is 0 Å². The lowest BCUT2D eigenvalue weighted by atomic mass is 9.87. The van der Waals surface area contributed by atoms with Crippen molar-refractivity contribution in [3.05, 3.63) is 59.8 Å². The quantitative estimate of drug-likeness (QED) is 0.557. The molecule has 2 heterocycles. The number of ether oxygens (including phenoxy) is 2. The van der Waals surface area contributed by atoms with Crippen molar-refractivity contribution in [2.24, 2.45) is 0 Å².